The Morgan fingerprint density at radius 3 is 2.80 bits per heavy atom. The number of rotatable bonds is 4. The molecule has 3 rings (SSSR count). The van der Waals surface area contributed by atoms with E-state index in [1.54, 1.807) is 30.3 Å². The number of pyridine rings is 1. The summed E-state index contributed by atoms with van der Waals surface area (Å²) in [4.78, 5) is 41.3. The zero-order chi connectivity index (χ0) is 18.0. The van der Waals surface area contributed by atoms with Gasteiger partial charge in [0.15, 0.2) is 18.2 Å². The van der Waals surface area contributed by atoms with Crippen molar-refractivity contribution in [2.75, 3.05) is 23.4 Å². The van der Waals surface area contributed by atoms with Crippen LogP contribution < -0.4 is 20.7 Å². The molecule has 1 aromatic carbocycles. The maximum atomic E-state index is 12.4. The normalized spacial score (nSPS) is 13.0. The first-order valence-electron chi connectivity index (χ1n) is 7.24. The van der Waals surface area contributed by atoms with Crippen LogP contribution in [0.3, 0.4) is 0 Å². The molecule has 0 fully saturated rings. The van der Waals surface area contributed by atoms with E-state index in [9.17, 15) is 14.4 Å². The van der Waals surface area contributed by atoms with E-state index in [1.807, 2.05) is 0 Å². The predicted molar refractivity (Wildman–Crippen MR) is 93.4 cm³/mol. The molecule has 0 saturated carbocycles. The van der Waals surface area contributed by atoms with Gasteiger partial charge in [-0.2, -0.15) is 0 Å². The lowest BCUT2D eigenvalue weighted by molar-refractivity contribution is -0.123. The molecule has 25 heavy (non-hydrogen) atoms. The maximum Gasteiger partial charge on any atom is 0.266 e. The molecule has 0 bridgehead atoms. The number of carbonyl (C=O) groups excluding carboxylic acids is 3. The first-order valence-corrected chi connectivity index (χ1v) is 8.03. The summed E-state index contributed by atoms with van der Waals surface area (Å²) in [5.41, 5.74) is 5.76. The van der Waals surface area contributed by atoms with Crippen molar-refractivity contribution < 1.29 is 19.1 Å². The lowest BCUT2D eigenvalue weighted by atomic mass is 10.1. The number of anilines is 2. The summed E-state index contributed by atoms with van der Waals surface area (Å²) in [6, 6.07) is 9.70. The zero-order valence-corrected chi connectivity index (χ0v) is 14.4. The van der Waals surface area contributed by atoms with Crippen LogP contribution in [0.4, 0.5) is 11.5 Å². The summed E-state index contributed by atoms with van der Waals surface area (Å²) in [6.07, 6.45) is 0. The molecule has 3 amide bonds. The van der Waals surface area contributed by atoms with Gasteiger partial charge in [0.1, 0.15) is 11.1 Å². The van der Waals surface area contributed by atoms with Crippen LogP contribution in [-0.4, -0.2) is 35.9 Å². The minimum Gasteiger partial charge on any atom is -0.480 e. The number of fused-ring (bicyclic) bond motifs is 1. The fraction of sp³-hybridized carbons (Fsp3) is 0.125. The van der Waals surface area contributed by atoms with Gasteiger partial charge in [-0.1, -0.05) is 12.1 Å². The second-order valence-electron chi connectivity index (χ2n) is 5.18. The van der Waals surface area contributed by atoms with Crippen LogP contribution in [0.1, 0.15) is 10.4 Å². The van der Waals surface area contributed by atoms with Gasteiger partial charge in [0.25, 0.3) is 11.8 Å². The van der Waals surface area contributed by atoms with Crippen LogP contribution >= 0.6 is 15.9 Å². The van der Waals surface area contributed by atoms with Gasteiger partial charge < -0.3 is 15.8 Å². The summed E-state index contributed by atoms with van der Waals surface area (Å²) in [7, 11) is 0. The predicted octanol–water partition coefficient (Wildman–Crippen LogP) is 1.31. The Balaban J connectivity index is 1.81. The number of ether oxygens (including phenoxy) is 1. The Morgan fingerprint density at radius 1 is 1.28 bits per heavy atom. The lowest BCUT2D eigenvalue weighted by Crippen LogP contribution is -2.44. The third kappa shape index (κ3) is 3.61. The smallest absolute Gasteiger partial charge is 0.266 e. The molecule has 0 unspecified atom stereocenters. The van der Waals surface area contributed by atoms with E-state index in [1.165, 1.54) is 11.0 Å². The second-order valence-corrected chi connectivity index (χ2v) is 5.99. The number of halogens is 1. The van der Waals surface area contributed by atoms with Crippen LogP contribution in [0.2, 0.25) is 0 Å². The molecule has 8 nitrogen and oxygen atoms in total. The lowest BCUT2D eigenvalue weighted by Gasteiger charge is -2.27. The fourth-order valence-corrected chi connectivity index (χ4v) is 2.66. The molecule has 128 valence electrons. The maximum absolute atomic E-state index is 12.4. The number of nitrogens with zero attached hydrogens (tertiary/aromatic N) is 2. The van der Waals surface area contributed by atoms with Gasteiger partial charge in [0.2, 0.25) is 5.91 Å². The molecule has 1 aliphatic heterocycles. The first-order chi connectivity index (χ1) is 12.0. The highest BCUT2D eigenvalue weighted by Gasteiger charge is 2.29. The molecule has 2 aromatic rings. The van der Waals surface area contributed by atoms with E-state index in [0.717, 1.165) is 0 Å². The monoisotopic (exact) mass is 404 g/mol. The highest BCUT2D eigenvalue weighted by molar-refractivity contribution is 9.10. The SMILES string of the molecule is NC(=O)c1ccccc1NC(=O)CN1C(=O)COc2ccc(Br)nc21. The Bertz CT molecular complexity index is 871. The van der Waals surface area contributed by atoms with E-state index in [4.69, 9.17) is 10.5 Å². The number of carbonyl (C=O) groups is 3. The topological polar surface area (TPSA) is 115 Å². The molecule has 0 saturated heterocycles. The van der Waals surface area contributed by atoms with Gasteiger partial charge in [-0.15, -0.1) is 0 Å². The molecular weight excluding hydrogens is 392 g/mol. The largest absolute Gasteiger partial charge is 0.480 e. The first kappa shape index (κ1) is 16.9. The van der Waals surface area contributed by atoms with Crippen LogP contribution in [0.5, 0.6) is 5.75 Å². The quantitative estimate of drug-likeness (QED) is 0.745. The molecule has 0 aliphatic carbocycles. The molecule has 0 radical (unpaired) electrons. The number of hydrogen-bond donors (Lipinski definition) is 2. The van der Waals surface area contributed by atoms with E-state index < -0.39 is 17.7 Å². The van der Waals surface area contributed by atoms with Gasteiger partial charge in [0.05, 0.1) is 11.3 Å². The standard InChI is InChI=1S/C16H13BrN4O4/c17-12-6-5-11-16(20-12)21(14(23)8-25-11)7-13(22)19-10-4-2-1-3-9(10)15(18)24/h1-6H,7-8H2,(H2,18,24)(H,19,22). The van der Waals surface area contributed by atoms with Gasteiger partial charge in [0, 0.05) is 0 Å². The molecule has 0 atom stereocenters. The Morgan fingerprint density at radius 2 is 2.04 bits per heavy atom. The number of nitrogens with one attached hydrogen (secondary N) is 1. The highest BCUT2D eigenvalue weighted by atomic mass is 79.9. The van der Waals surface area contributed by atoms with Crippen molar-refractivity contribution in [1.82, 2.24) is 4.98 Å². The van der Waals surface area contributed by atoms with Crippen molar-refractivity contribution in [3.8, 4) is 5.75 Å². The van der Waals surface area contributed by atoms with Crippen LogP contribution in [-0.2, 0) is 9.59 Å². The van der Waals surface area contributed by atoms with Crippen molar-refractivity contribution in [3.05, 3.63) is 46.6 Å². The van der Waals surface area contributed by atoms with Crippen molar-refractivity contribution in [3.63, 3.8) is 0 Å². The van der Waals surface area contributed by atoms with Crippen LogP contribution in [0.15, 0.2) is 41.0 Å². The van der Waals surface area contributed by atoms with E-state index >= 15 is 0 Å². The Hall–Kier alpha value is -2.94. The number of aromatic nitrogens is 1. The number of benzene rings is 1. The third-order valence-electron chi connectivity index (χ3n) is 3.48. The van der Waals surface area contributed by atoms with E-state index in [0.29, 0.717) is 10.4 Å². The molecule has 1 aromatic heterocycles. The van der Waals surface area contributed by atoms with Crippen molar-refractivity contribution >= 4 is 45.2 Å². The number of para-hydroxylation sites is 1. The molecule has 3 N–H and O–H groups in total. The highest BCUT2D eigenvalue weighted by Crippen LogP contribution is 2.31. The van der Waals surface area contributed by atoms with Gasteiger partial charge >= 0.3 is 0 Å². The van der Waals surface area contributed by atoms with Crippen LogP contribution in [0, 0.1) is 0 Å². The van der Waals surface area contributed by atoms with Crippen LogP contribution in [0.25, 0.3) is 0 Å². The molecule has 1 aliphatic rings. The van der Waals surface area contributed by atoms with E-state index in [-0.39, 0.29) is 30.2 Å². The molecule has 9 heteroatoms. The average molecular weight is 405 g/mol. The fourth-order valence-electron chi connectivity index (χ4n) is 2.36. The van der Waals surface area contributed by atoms with Crippen molar-refractivity contribution in [1.29, 1.82) is 0 Å². The average Bonchev–Trinajstić information content (AvgIpc) is 2.58. The number of amides is 3. The van der Waals surface area contributed by atoms with Crippen molar-refractivity contribution in [2.24, 2.45) is 5.73 Å². The number of nitrogens with two attached hydrogens (primary N) is 1. The van der Waals surface area contributed by atoms with Gasteiger partial charge in [-0.25, -0.2) is 4.98 Å². The van der Waals surface area contributed by atoms with Gasteiger partial charge in [-0.3, -0.25) is 19.3 Å². The van der Waals surface area contributed by atoms with E-state index in [2.05, 4.69) is 26.2 Å². The Labute approximate surface area is 151 Å². The summed E-state index contributed by atoms with van der Waals surface area (Å²) in [5, 5.41) is 2.59. The van der Waals surface area contributed by atoms with Crippen molar-refractivity contribution in [2.45, 2.75) is 0 Å². The summed E-state index contributed by atoms with van der Waals surface area (Å²) >= 11 is 3.23. The Kier molecular flexibility index (Phi) is 4.66. The minimum atomic E-state index is -0.658. The molecule has 0 spiro atoms. The van der Waals surface area contributed by atoms with Gasteiger partial charge in [-0.05, 0) is 40.2 Å². The summed E-state index contributed by atoms with van der Waals surface area (Å²) < 4.78 is 5.81. The summed E-state index contributed by atoms with van der Waals surface area (Å²) in [6.45, 7) is -0.451. The molecular formula is C16H13BrN4O4. The number of hydrogen-bond acceptors (Lipinski definition) is 5. The molecule has 2 heterocycles. The second kappa shape index (κ2) is 6.89. The summed E-state index contributed by atoms with van der Waals surface area (Å²) in [5.74, 6) is -0.875. The zero-order valence-electron chi connectivity index (χ0n) is 12.9. The minimum absolute atomic E-state index is 0.179. The number of primary amides is 1. The third-order valence-corrected chi connectivity index (χ3v) is 3.92.